The molecule has 1 heterocycles. The van der Waals surface area contributed by atoms with Crippen LogP contribution in [0.2, 0.25) is 0 Å². The molecule has 0 bridgehead atoms. The van der Waals surface area contributed by atoms with Crippen LogP contribution in [0.25, 0.3) is 0 Å². The molecule has 10 nitrogen and oxygen atoms in total. The third-order valence-corrected chi connectivity index (χ3v) is 12.2. The van der Waals surface area contributed by atoms with E-state index in [2.05, 4.69) is 13.8 Å². The molecule has 1 fully saturated rings. The van der Waals surface area contributed by atoms with Gasteiger partial charge in [0.05, 0.1) is 13.2 Å². The van der Waals surface area contributed by atoms with E-state index in [4.69, 9.17) is 18.9 Å². The minimum atomic E-state index is -1.59. The van der Waals surface area contributed by atoms with E-state index in [0.717, 1.165) is 32.1 Å². The zero-order chi connectivity index (χ0) is 43.7. The van der Waals surface area contributed by atoms with Gasteiger partial charge in [0, 0.05) is 12.8 Å². The molecule has 0 aromatic carbocycles. The predicted molar refractivity (Wildman–Crippen MR) is 243 cm³/mol. The Labute approximate surface area is 368 Å². The van der Waals surface area contributed by atoms with Gasteiger partial charge in [-0.2, -0.15) is 0 Å². The molecule has 6 unspecified atom stereocenters. The molecule has 1 rings (SSSR count). The van der Waals surface area contributed by atoms with Gasteiger partial charge in [0.15, 0.2) is 12.4 Å². The lowest BCUT2D eigenvalue weighted by Crippen LogP contribution is -2.59. The molecule has 0 aromatic rings. The predicted octanol–water partition coefficient (Wildman–Crippen LogP) is 11.7. The number of unbranched alkanes of at least 4 members (excludes halogenated alkanes) is 33. The number of ether oxygens (including phenoxy) is 4. The second kappa shape index (κ2) is 41.7. The van der Waals surface area contributed by atoms with Crippen LogP contribution in [-0.2, 0) is 28.5 Å². The summed E-state index contributed by atoms with van der Waals surface area (Å²) in [5, 5.41) is 40.2. The van der Waals surface area contributed by atoms with Crippen molar-refractivity contribution in [3.8, 4) is 0 Å². The molecule has 6 atom stereocenters. The van der Waals surface area contributed by atoms with Crippen molar-refractivity contribution < 1.29 is 49.0 Å². The Morgan fingerprint density at radius 2 is 0.783 bits per heavy atom. The Hall–Kier alpha value is -1.30. The summed E-state index contributed by atoms with van der Waals surface area (Å²) in [5.41, 5.74) is 0. The molecule has 60 heavy (non-hydrogen) atoms. The maximum absolute atomic E-state index is 12.8. The van der Waals surface area contributed by atoms with Crippen LogP contribution in [0, 0.1) is 0 Å². The fraction of sp³-hybridized carbons (Fsp3) is 0.960. The molecule has 0 amide bonds. The average molecular weight is 857 g/mol. The number of hydrogen-bond donors (Lipinski definition) is 4. The minimum Gasteiger partial charge on any atom is -0.462 e. The van der Waals surface area contributed by atoms with Crippen molar-refractivity contribution in [1.82, 2.24) is 0 Å². The molecule has 1 aliphatic rings. The number of aliphatic hydroxyl groups excluding tert-OH is 4. The normalized spacial score (nSPS) is 19.7. The molecule has 10 heteroatoms. The van der Waals surface area contributed by atoms with Gasteiger partial charge in [0.1, 0.15) is 31.0 Å². The van der Waals surface area contributed by atoms with E-state index in [1.807, 2.05) is 0 Å². The molecule has 4 N–H and O–H groups in total. The van der Waals surface area contributed by atoms with Gasteiger partial charge in [-0.05, 0) is 12.8 Å². The lowest BCUT2D eigenvalue weighted by atomic mass is 9.99. The zero-order valence-electron chi connectivity index (χ0n) is 39.0. The first kappa shape index (κ1) is 56.7. The summed E-state index contributed by atoms with van der Waals surface area (Å²) < 4.78 is 22.2. The van der Waals surface area contributed by atoms with Crippen molar-refractivity contribution in [3.63, 3.8) is 0 Å². The summed E-state index contributed by atoms with van der Waals surface area (Å²) >= 11 is 0. The lowest BCUT2D eigenvalue weighted by molar-refractivity contribution is -0.305. The van der Waals surface area contributed by atoms with Gasteiger partial charge in [-0.3, -0.25) is 9.59 Å². The largest absolute Gasteiger partial charge is 0.462 e. The maximum atomic E-state index is 12.8. The molecule has 1 saturated heterocycles. The molecule has 356 valence electrons. The first-order valence-electron chi connectivity index (χ1n) is 25.6. The summed E-state index contributed by atoms with van der Waals surface area (Å²) in [7, 11) is 0. The highest BCUT2D eigenvalue weighted by molar-refractivity contribution is 5.70. The molecule has 0 aromatic heterocycles. The molecular formula is C50H96O10. The number of hydrogen-bond acceptors (Lipinski definition) is 10. The third-order valence-electron chi connectivity index (χ3n) is 12.2. The van der Waals surface area contributed by atoms with Gasteiger partial charge in [-0.25, -0.2) is 0 Å². The highest BCUT2D eigenvalue weighted by Crippen LogP contribution is 2.23. The van der Waals surface area contributed by atoms with E-state index >= 15 is 0 Å². The van der Waals surface area contributed by atoms with E-state index in [9.17, 15) is 30.0 Å². The number of esters is 2. The van der Waals surface area contributed by atoms with Crippen molar-refractivity contribution in [2.24, 2.45) is 0 Å². The summed E-state index contributed by atoms with van der Waals surface area (Å²) in [5.74, 6) is -0.787. The second-order valence-electron chi connectivity index (χ2n) is 18.0. The van der Waals surface area contributed by atoms with Crippen LogP contribution in [0.15, 0.2) is 0 Å². The fourth-order valence-electron chi connectivity index (χ4n) is 8.19. The Morgan fingerprint density at radius 3 is 1.13 bits per heavy atom. The summed E-state index contributed by atoms with van der Waals surface area (Å²) in [4.78, 5) is 25.4. The first-order valence-corrected chi connectivity index (χ1v) is 25.6. The maximum Gasteiger partial charge on any atom is 0.306 e. The van der Waals surface area contributed by atoms with Crippen molar-refractivity contribution in [2.75, 3.05) is 19.8 Å². The fourth-order valence-corrected chi connectivity index (χ4v) is 8.19. The minimum absolute atomic E-state index is 0.209. The number of carbonyl (C=O) groups excluding carboxylic acids is 2. The molecule has 0 spiro atoms. The zero-order valence-corrected chi connectivity index (χ0v) is 39.0. The smallest absolute Gasteiger partial charge is 0.306 e. The molecule has 0 saturated carbocycles. The van der Waals surface area contributed by atoms with Crippen LogP contribution in [0.5, 0.6) is 0 Å². The SMILES string of the molecule is CCCCCCCCCCCCCCCCCCCCCCCCC(=O)OC(COC(=O)CCCCCCCCCCCCCCC)COC1OC(CO)C(O)C(O)C1O. The van der Waals surface area contributed by atoms with Crippen molar-refractivity contribution in [3.05, 3.63) is 0 Å². The van der Waals surface area contributed by atoms with Crippen LogP contribution < -0.4 is 0 Å². The van der Waals surface area contributed by atoms with Crippen LogP contribution in [0.3, 0.4) is 0 Å². The first-order chi connectivity index (χ1) is 29.3. The highest BCUT2D eigenvalue weighted by Gasteiger charge is 2.44. The highest BCUT2D eigenvalue weighted by atomic mass is 16.7. The lowest BCUT2D eigenvalue weighted by Gasteiger charge is -2.39. The van der Waals surface area contributed by atoms with E-state index in [1.54, 1.807) is 0 Å². The molecule has 0 radical (unpaired) electrons. The van der Waals surface area contributed by atoms with Crippen molar-refractivity contribution in [2.45, 2.75) is 288 Å². The second-order valence-corrected chi connectivity index (χ2v) is 18.0. The van der Waals surface area contributed by atoms with Crippen molar-refractivity contribution in [1.29, 1.82) is 0 Å². The quantitative estimate of drug-likeness (QED) is 0.0344. The Bertz CT molecular complexity index is 948. The van der Waals surface area contributed by atoms with Gasteiger partial charge in [-0.15, -0.1) is 0 Å². The van der Waals surface area contributed by atoms with Gasteiger partial charge >= 0.3 is 11.9 Å². The van der Waals surface area contributed by atoms with Gasteiger partial charge in [-0.1, -0.05) is 226 Å². The third kappa shape index (κ3) is 32.4. The van der Waals surface area contributed by atoms with Crippen LogP contribution >= 0.6 is 0 Å². The topological polar surface area (TPSA) is 152 Å². The van der Waals surface area contributed by atoms with Crippen LogP contribution in [0.1, 0.15) is 251 Å². The standard InChI is InChI=1S/C50H96O10/c1-3-5-7-9-11-13-15-17-18-19-20-21-22-23-24-25-27-29-31-33-35-37-39-46(53)59-43(42-58-50-49(56)48(55)47(54)44(40-51)60-50)41-57-45(52)38-36-34-32-30-28-26-16-14-12-10-8-6-4-2/h43-44,47-51,54-56H,3-42H2,1-2H3. The number of aliphatic hydroxyl groups is 4. The van der Waals surface area contributed by atoms with E-state index in [0.29, 0.717) is 6.42 Å². The molecule has 1 aliphatic heterocycles. The molecular weight excluding hydrogens is 761 g/mol. The van der Waals surface area contributed by atoms with E-state index < -0.39 is 49.4 Å². The Balaban J connectivity index is 2.22. The van der Waals surface area contributed by atoms with Gasteiger partial charge in [0.25, 0.3) is 0 Å². The van der Waals surface area contributed by atoms with Crippen LogP contribution in [-0.4, -0.2) is 89.0 Å². The van der Waals surface area contributed by atoms with Crippen LogP contribution in [0.4, 0.5) is 0 Å². The van der Waals surface area contributed by atoms with Gasteiger partial charge in [0.2, 0.25) is 0 Å². The number of rotatable bonds is 44. The van der Waals surface area contributed by atoms with Crippen molar-refractivity contribution >= 4 is 11.9 Å². The summed E-state index contributed by atoms with van der Waals surface area (Å²) in [6.07, 6.45) is 36.9. The molecule has 0 aliphatic carbocycles. The Morgan fingerprint density at radius 1 is 0.450 bits per heavy atom. The summed E-state index contributed by atoms with van der Waals surface area (Å²) in [6, 6.07) is 0. The number of carbonyl (C=O) groups is 2. The average Bonchev–Trinajstić information content (AvgIpc) is 3.25. The van der Waals surface area contributed by atoms with Gasteiger partial charge < -0.3 is 39.4 Å². The Kier molecular flexibility index (Phi) is 39.4. The van der Waals surface area contributed by atoms with E-state index in [1.165, 1.54) is 186 Å². The monoisotopic (exact) mass is 857 g/mol. The summed E-state index contributed by atoms with van der Waals surface area (Å²) in [6.45, 7) is 3.47. The van der Waals surface area contributed by atoms with E-state index in [-0.39, 0.29) is 32.0 Å².